The topological polar surface area (TPSA) is 120 Å². The fourth-order valence-electron chi connectivity index (χ4n) is 4.18. The molecule has 0 bridgehead atoms. The molecule has 0 radical (unpaired) electrons. The van der Waals surface area contributed by atoms with Crippen molar-refractivity contribution in [2.45, 2.75) is 31.7 Å². The number of halogens is 3. The third-order valence-electron chi connectivity index (χ3n) is 6.66. The van der Waals surface area contributed by atoms with Crippen molar-refractivity contribution in [2.24, 2.45) is 0 Å². The van der Waals surface area contributed by atoms with E-state index in [2.05, 4.69) is 9.71 Å². The fraction of sp³-hybridized carbons (Fsp3) is 0.321. The van der Waals surface area contributed by atoms with Gasteiger partial charge >= 0.3 is 6.18 Å². The first-order chi connectivity index (χ1) is 19.0. The number of sulfonamides is 1. The maximum Gasteiger partial charge on any atom is 0.416 e. The van der Waals surface area contributed by atoms with Gasteiger partial charge in [0.15, 0.2) is 0 Å². The number of piperazine rings is 1. The molecule has 1 saturated heterocycles. The normalized spacial score (nSPS) is 14.6. The van der Waals surface area contributed by atoms with E-state index in [9.17, 15) is 36.3 Å². The number of nitrogens with one attached hydrogen (secondary N) is 1. The van der Waals surface area contributed by atoms with Crippen molar-refractivity contribution in [1.82, 2.24) is 14.6 Å². The minimum absolute atomic E-state index is 0.102. The molecule has 0 aliphatic carbocycles. The van der Waals surface area contributed by atoms with E-state index in [0.29, 0.717) is 13.1 Å². The third-order valence-corrected chi connectivity index (χ3v) is 8.73. The number of aromatic nitrogens is 1. The molecule has 0 atom stereocenters. The van der Waals surface area contributed by atoms with Crippen LogP contribution in [0.1, 0.15) is 47.1 Å². The molecule has 0 spiro atoms. The molecule has 41 heavy (non-hydrogen) atoms. The zero-order chi connectivity index (χ0) is 30.2. The van der Waals surface area contributed by atoms with Crippen LogP contribution >= 0.6 is 0 Å². The van der Waals surface area contributed by atoms with E-state index in [1.54, 1.807) is 12.1 Å². The number of carbonyl (C=O) groups excluding carboxylic acids is 2. The molecule has 0 unspecified atom stereocenters. The summed E-state index contributed by atoms with van der Waals surface area (Å²) in [5, 5.41) is 9.71. The minimum atomic E-state index is -4.69. The van der Waals surface area contributed by atoms with Crippen molar-refractivity contribution in [2.75, 3.05) is 31.1 Å². The third kappa shape index (κ3) is 6.79. The Bertz CT molecular complexity index is 1560. The molecule has 1 aliphatic rings. The summed E-state index contributed by atoms with van der Waals surface area (Å²) in [6.07, 6.45) is -2.23. The maximum absolute atomic E-state index is 13.6. The molecule has 2 heterocycles. The van der Waals surface area contributed by atoms with Gasteiger partial charge in [-0.05, 0) is 74.9 Å². The van der Waals surface area contributed by atoms with Gasteiger partial charge in [0.05, 0.1) is 16.5 Å². The Labute approximate surface area is 235 Å². The SMILES string of the molecule is CC(C)(C)S(=O)(=O)NC(=O)c1ccc(N2CCN(C(=O)c3cc(-c4cncc(O)c4)cc(C(F)(F)F)c3)CC2)cc1. The molecule has 2 aromatic carbocycles. The summed E-state index contributed by atoms with van der Waals surface area (Å²) in [4.78, 5) is 32.9. The highest BCUT2D eigenvalue weighted by molar-refractivity contribution is 7.91. The molecular weight excluding hydrogens is 561 g/mol. The summed E-state index contributed by atoms with van der Waals surface area (Å²) in [7, 11) is -3.87. The Morgan fingerprint density at radius 1 is 0.878 bits per heavy atom. The molecule has 0 saturated carbocycles. The van der Waals surface area contributed by atoms with Crippen molar-refractivity contribution < 1.29 is 36.3 Å². The number of amides is 2. The van der Waals surface area contributed by atoms with E-state index in [0.717, 1.165) is 24.0 Å². The van der Waals surface area contributed by atoms with Crippen LogP contribution in [0.2, 0.25) is 0 Å². The highest BCUT2D eigenvalue weighted by atomic mass is 32.2. The number of hydrogen-bond acceptors (Lipinski definition) is 7. The number of aromatic hydroxyl groups is 1. The van der Waals surface area contributed by atoms with Gasteiger partial charge in [-0.2, -0.15) is 13.2 Å². The number of alkyl halides is 3. The second-order valence-corrected chi connectivity index (χ2v) is 13.0. The molecule has 1 aromatic heterocycles. The summed E-state index contributed by atoms with van der Waals surface area (Å²) in [5.74, 6) is -1.52. The molecule has 3 aromatic rings. The van der Waals surface area contributed by atoms with Crippen molar-refractivity contribution in [3.63, 3.8) is 0 Å². The van der Waals surface area contributed by atoms with Crippen LogP contribution in [0.25, 0.3) is 11.1 Å². The Morgan fingerprint density at radius 3 is 2.07 bits per heavy atom. The van der Waals surface area contributed by atoms with E-state index in [1.165, 1.54) is 56.1 Å². The lowest BCUT2D eigenvalue weighted by molar-refractivity contribution is -0.137. The van der Waals surface area contributed by atoms with E-state index >= 15 is 0 Å². The van der Waals surface area contributed by atoms with Gasteiger partial charge in [0, 0.05) is 54.8 Å². The Hall–Kier alpha value is -4.13. The highest BCUT2D eigenvalue weighted by Gasteiger charge is 2.33. The molecule has 4 rings (SSSR count). The number of rotatable bonds is 5. The number of hydrogen-bond donors (Lipinski definition) is 2. The first-order valence-electron chi connectivity index (χ1n) is 12.6. The van der Waals surface area contributed by atoms with E-state index < -0.39 is 38.3 Å². The van der Waals surface area contributed by atoms with Crippen LogP contribution in [0.5, 0.6) is 5.75 Å². The standard InChI is InChI=1S/C28H29F3N4O5S/c1-27(2,3)41(39,40)33-25(37)18-4-6-23(7-5-18)34-8-10-35(11-9-34)26(38)20-12-19(13-22(14-20)28(29,30)31)21-15-24(36)17-32-16-21/h4-7,12-17,36H,8-11H2,1-3H3,(H,33,37). The number of anilines is 1. The Morgan fingerprint density at radius 2 is 1.51 bits per heavy atom. The smallest absolute Gasteiger partial charge is 0.416 e. The number of carbonyl (C=O) groups is 2. The van der Waals surface area contributed by atoms with Crippen LogP contribution in [0.4, 0.5) is 18.9 Å². The van der Waals surface area contributed by atoms with Gasteiger partial charge in [-0.25, -0.2) is 13.1 Å². The first kappa shape index (κ1) is 29.8. The van der Waals surface area contributed by atoms with Gasteiger partial charge in [0.25, 0.3) is 11.8 Å². The largest absolute Gasteiger partial charge is 0.506 e. The summed E-state index contributed by atoms with van der Waals surface area (Å²) < 4.78 is 66.4. The molecule has 2 amide bonds. The summed E-state index contributed by atoms with van der Waals surface area (Å²) >= 11 is 0. The van der Waals surface area contributed by atoms with Gasteiger partial charge in [0.2, 0.25) is 10.0 Å². The zero-order valence-electron chi connectivity index (χ0n) is 22.6. The van der Waals surface area contributed by atoms with Crippen LogP contribution in [-0.2, 0) is 16.2 Å². The number of benzene rings is 2. The average molecular weight is 591 g/mol. The van der Waals surface area contributed by atoms with E-state index in [4.69, 9.17) is 0 Å². The van der Waals surface area contributed by atoms with Gasteiger partial charge < -0.3 is 14.9 Å². The van der Waals surface area contributed by atoms with Crippen LogP contribution in [0.15, 0.2) is 60.9 Å². The van der Waals surface area contributed by atoms with Crippen LogP contribution in [0.3, 0.4) is 0 Å². The predicted molar refractivity (Wildman–Crippen MR) is 147 cm³/mol. The van der Waals surface area contributed by atoms with E-state index in [-0.39, 0.29) is 41.1 Å². The molecule has 13 heteroatoms. The zero-order valence-corrected chi connectivity index (χ0v) is 23.4. The van der Waals surface area contributed by atoms with Gasteiger partial charge in [-0.1, -0.05) is 0 Å². The lowest BCUT2D eigenvalue weighted by Crippen LogP contribution is -2.48. The monoisotopic (exact) mass is 590 g/mol. The summed E-state index contributed by atoms with van der Waals surface area (Å²) in [6, 6.07) is 10.7. The molecule has 218 valence electrons. The molecule has 9 nitrogen and oxygen atoms in total. The number of pyridine rings is 1. The highest BCUT2D eigenvalue weighted by Crippen LogP contribution is 2.34. The van der Waals surface area contributed by atoms with Gasteiger partial charge in [-0.15, -0.1) is 0 Å². The second-order valence-electron chi connectivity index (χ2n) is 10.6. The summed E-state index contributed by atoms with van der Waals surface area (Å²) in [6.45, 7) is 5.70. The van der Waals surface area contributed by atoms with Crippen molar-refractivity contribution in [1.29, 1.82) is 0 Å². The second kappa shape index (κ2) is 11.0. The molecule has 1 fully saturated rings. The van der Waals surface area contributed by atoms with Crippen LogP contribution in [-0.4, -0.2) is 66.1 Å². The first-order valence-corrected chi connectivity index (χ1v) is 14.1. The Balaban J connectivity index is 1.46. The Kier molecular flexibility index (Phi) is 8.03. The number of nitrogens with zero attached hydrogens (tertiary/aromatic N) is 3. The van der Waals surface area contributed by atoms with Crippen molar-refractivity contribution in [3.05, 3.63) is 77.6 Å². The lowest BCUT2D eigenvalue weighted by Gasteiger charge is -2.36. The molecular formula is C28H29F3N4O5S. The van der Waals surface area contributed by atoms with Crippen LogP contribution in [0, 0.1) is 0 Å². The van der Waals surface area contributed by atoms with Crippen molar-refractivity contribution >= 4 is 27.5 Å². The predicted octanol–water partition coefficient (Wildman–Crippen LogP) is 4.29. The lowest BCUT2D eigenvalue weighted by atomic mass is 9.99. The van der Waals surface area contributed by atoms with Crippen LogP contribution < -0.4 is 9.62 Å². The average Bonchev–Trinajstić information content (AvgIpc) is 2.91. The maximum atomic E-state index is 13.6. The fourth-order valence-corrected chi connectivity index (χ4v) is 4.84. The van der Waals surface area contributed by atoms with Gasteiger partial charge in [0.1, 0.15) is 5.75 Å². The minimum Gasteiger partial charge on any atom is -0.506 e. The van der Waals surface area contributed by atoms with E-state index in [1.807, 2.05) is 4.90 Å². The van der Waals surface area contributed by atoms with Crippen molar-refractivity contribution in [3.8, 4) is 16.9 Å². The quantitative estimate of drug-likeness (QED) is 0.455. The summed E-state index contributed by atoms with van der Waals surface area (Å²) in [5.41, 5.74) is 0.127. The molecule has 1 aliphatic heterocycles. The molecule has 2 N–H and O–H groups in total. The van der Waals surface area contributed by atoms with Gasteiger partial charge in [-0.3, -0.25) is 14.6 Å².